The van der Waals surface area contributed by atoms with Crippen LogP contribution in [0.3, 0.4) is 0 Å². The standard InChI is InChI=1S/C15H16N2O3S/c1-10-6-7-16-9-14(10)12-5-4-11(17-21(3)19)8-13(12)15(18)20-2/h4-9,17H,1-3H3. The van der Waals surface area contributed by atoms with Crippen molar-refractivity contribution in [1.29, 1.82) is 0 Å². The average molecular weight is 304 g/mol. The highest BCUT2D eigenvalue weighted by molar-refractivity contribution is 7.85. The van der Waals surface area contributed by atoms with E-state index < -0.39 is 17.0 Å². The van der Waals surface area contributed by atoms with Crippen molar-refractivity contribution in [2.24, 2.45) is 0 Å². The van der Waals surface area contributed by atoms with Gasteiger partial charge >= 0.3 is 5.97 Å². The van der Waals surface area contributed by atoms with Crippen LogP contribution in [-0.2, 0) is 15.7 Å². The number of anilines is 1. The fourth-order valence-electron chi connectivity index (χ4n) is 2.03. The SMILES string of the molecule is COC(=O)c1cc(NS(C)=O)ccc1-c1cnccc1C. The molecule has 0 fully saturated rings. The zero-order chi connectivity index (χ0) is 15.4. The van der Waals surface area contributed by atoms with E-state index in [1.807, 2.05) is 13.0 Å². The highest BCUT2D eigenvalue weighted by Crippen LogP contribution is 2.29. The number of hydrogen-bond donors (Lipinski definition) is 1. The molecule has 6 heteroatoms. The van der Waals surface area contributed by atoms with Crippen LogP contribution >= 0.6 is 0 Å². The summed E-state index contributed by atoms with van der Waals surface area (Å²) in [7, 11) is 0.124. The first-order chi connectivity index (χ1) is 10.0. The van der Waals surface area contributed by atoms with Crippen LogP contribution in [-0.4, -0.2) is 28.5 Å². The minimum absolute atomic E-state index is 0.407. The van der Waals surface area contributed by atoms with Crippen LogP contribution in [0.5, 0.6) is 0 Å². The molecule has 2 aromatic rings. The number of benzene rings is 1. The number of carbonyl (C=O) groups is 1. The van der Waals surface area contributed by atoms with Gasteiger partial charge < -0.3 is 9.46 Å². The highest BCUT2D eigenvalue weighted by Gasteiger charge is 2.16. The van der Waals surface area contributed by atoms with Gasteiger partial charge in [-0.2, -0.15) is 0 Å². The Balaban J connectivity index is 2.58. The lowest BCUT2D eigenvalue weighted by atomic mass is 9.97. The van der Waals surface area contributed by atoms with Crippen molar-refractivity contribution in [3.63, 3.8) is 0 Å². The van der Waals surface area contributed by atoms with E-state index in [-0.39, 0.29) is 0 Å². The predicted molar refractivity (Wildman–Crippen MR) is 83.4 cm³/mol. The van der Waals surface area contributed by atoms with E-state index in [1.165, 1.54) is 13.4 Å². The molecule has 1 aromatic heterocycles. The number of rotatable bonds is 4. The molecule has 0 bridgehead atoms. The average Bonchev–Trinajstić information content (AvgIpc) is 2.46. The summed E-state index contributed by atoms with van der Waals surface area (Å²) in [4.78, 5) is 16.1. The highest BCUT2D eigenvalue weighted by atomic mass is 32.2. The van der Waals surface area contributed by atoms with E-state index in [9.17, 15) is 9.00 Å². The molecule has 0 amide bonds. The van der Waals surface area contributed by atoms with E-state index in [4.69, 9.17) is 4.74 Å². The molecular formula is C15H16N2O3S. The van der Waals surface area contributed by atoms with Gasteiger partial charge in [-0.25, -0.2) is 9.00 Å². The molecule has 1 atom stereocenters. The quantitative estimate of drug-likeness (QED) is 0.881. The summed E-state index contributed by atoms with van der Waals surface area (Å²) < 4.78 is 18.8. The second-order valence-electron chi connectivity index (χ2n) is 4.50. The van der Waals surface area contributed by atoms with Crippen LogP contribution < -0.4 is 4.72 Å². The Hall–Kier alpha value is -2.21. The van der Waals surface area contributed by atoms with Crippen molar-refractivity contribution in [2.45, 2.75) is 6.92 Å². The van der Waals surface area contributed by atoms with Gasteiger partial charge in [-0.05, 0) is 36.2 Å². The molecule has 0 aliphatic rings. The molecule has 110 valence electrons. The third-order valence-corrected chi connectivity index (χ3v) is 3.54. The maximum absolute atomic E-state index is 12.0. The van der Waals surface area contributed by atoms with Gasteiger partial charge in [0, 0.05) is 29.9 Å². The van der Waals surface area contributed by atoms with Crippen LogP contribution in [0.1, 0.15) is 15.9 Å². The van der Waals surface area contributed by atoms with Gasteiger partial charge in [0.05, 0.1) is 12.7 Å². The number of ether oxygens (including phenoxy) is 1. The van der Waals surface area contributed by atoms with Crippen molar-refractivity contribution in [1.82, 2.24) is 4.98 Å². The zero-order valence-electron chi connectivity index (χ0n) is 12.0. The van der Waals surface area contributed by atoms with Crippen molar-refractivity contribution in [3.05, 3.63) is 47.8 Å². The van der Waals surface area contributed by atoms with Crippen LogP contribution in [0.25, 0.3) is 11.1 Å². The van der Waals surface area contributed by atoms with Crippen molar-refractivity contribution >= 4 is 22.6 Å². The van der Waals surface area contributed by atoms with E-state index in [0.29, 0.717) is 11.3 Å². The third kappa shape index (κ3) is 3.46. The number of esters is 1. The number of aromatic nitrogens is 1. The van der Waals surface area contributed by atoms with Gasteiger partial charge in [0.25, 0.3) is 0 Å². The molecule has 0 saturated carbocycles. The number of carbonyl (C=O) groups excluding carboxylic acids is 1. The minimum atomic E-state index is -1.21. The number of nitrogens with one attached hydrogen (secondary N) is 1. The van der Waals surface area contributed by atoms with Gasteiger partial charge in [0.2, 0.25) is 0 Å². The fourth-order valence-corrected chi connectivity index (χ4v) is 2.49. The Labute approximate surface area is 126 Å². The van der Waals surface area contributed by atoms with E-state index in [0.717, 1.165) is 16.7 Å². The topological polar surface area (TPSA) is 68.3 Å². The molecule has 1 heterocycles. The molecule has 21 heavy (non-hydrogen) atoms. The number of pyridine rings is 1. The van der Waals surface area contributed by atoms with Crippen molar-refractivity contribution < 1.29 is 13.7 Å². The van der Waals surface area contributed by atoms with Gasteiger partial charge in [0.15, 0.2) is 0 Å². The molecule has 1 unspecified atom stereocenters. The normalized spacial score (nSPS) is 11.8. The number of methoxy groups -OCH3 is 1. The lowest BCUT2D eigenvalue weighted by Gasteiger charge is -2.12. The molecular weight excluding hydrogens is 288 g/mol. The number of nitrogens with zero attached hydrogens (tertiary/aromatic N) is 1. The lowest BCUT2D eigenvalue weighted by molar-refractivity contribution is 0.0601. The Morgan fingerprint density at radius 1 is 1.29 bits per heavy atom. The summed E-state index contributed by atoms with van der Waals surface area (Å²) in [5.41, 5.74) is 3.61. The fraction of sp³-hybridized carbons (Fsp3) is 0.200. The van der Waals surface area contributed by atoms with Gasteiger partial charge in [-0.1, -0.05) is 6.07 Å². The van der Waals surface area contributed by atoms with Crippen LogP contribution in [0, 0.1) is 6.92 Å². The van der Waals surface area contributed by atoms with Gasteiger partial charge in [0.1, 0.15) is 11.0 Å². The first kappa shape index (κ1) is 15.2. The summed E-state index contributed by atoms with van der Waals surface area (Å²) in [6.07, 6.45) is 4.94. The third-order valence-electron chi connectivity index (χ3n) is 3.02. The summed E-state index contributed by atoms with van der Waals surface area (Å²) in [6.45, 7) is 1.95. The first-order valence-corrected chi connectivity index (χ1v) is 7.82. The van der Waals surface area contributed by atoms with Crippen molar-refractivity contribution in [3.8, 4) is 11.1 Å². The molecule has 5 nitrogen and oxygen atoms in total. The zero-order valence-corrected chi connectivity index (χ0v) is 12.9. The summed E-state index contributed by atoms with van der Waals surface area (Å²) in [6, 6.07) is 7.08. The van der Waals surface area contributed by atoms with Crippen molar-refractivity contribution in [2.75, 3.05) is 18.1 Å². The Kier molecular flexibility index (Phi) is 4.70. The Morgan fingerprint density at radius 3 is 2.67 bits per heavy atom. The molecule has 1 N–H and O–H groups in total. The maximum atomic E-state index is 12.0. The van der Waals surface area contributed by atoms with Crippen LogP contribution in [0.2, 0.25) is 0 Å². The summed E-state index contributed by atoms with van der Waals surface area (Å²) in [5.74, 6) is -0.446. The van der Waals surface area contributed by atoms with Gasteiger partial charge in [-0.3, -0.25) is 4.98 Å². The van der Waals surface area contributed by atoms with Crippen LogP contribution in [0.4, 0.5) is 5.69 Å². The molecule has 0 radical (unpaired) electrons. The second-order valence-corrected chi connectivity index (χ2v) is 5.61. The van der Waals surface area contributed by atoms with Crippen LogP contribution in [0.15, 0.2) is 36.7 Å². The second kappa shape index (κ2) is 6.49. The molecule has 0 saturated heterocycles. The van der Waals surface area contributed by atoms with E-state index >= 15 is 0 Å². The molecule has 0 aliphatic carbocycles. The smallest absolute Gasteiger partial charge is 0.338 e. The minimum Gasteiger partial charge on any atom is -0.465 e. The predicted octanol–water partition coefficient (Wildman–Crippen LogP) is 2.55. The number of aryl methyl sites for hydroxylation is 1. The number of hydrogen-bond acceptors (Lipinski definition) is 4. The molecule has 2 rings (SSSR count). The lowest BCUT2D eigenvalue weighted by Crippen LogP contribution is -2.07. The largest absolute Gasteiger partial charge is 0.465 e. The van der Waals surface area contributed by atoms with E-state index in [1.54, 1.807) is 30.6 Å². The maximum Gasteiger partial charge on any atom is 0.338 e. The summed E-state index contributed by atoms with van der Waals surface area (Å²) in [5, 5.41) is 0. The molecule has 0 aliphatic heterocycles. The first-order valence-electron chi connectivity index (χ1n) is 6.26. The van der Waals surface area contributed by atoms with E-state index in [2.05, 4.69) is 9.71 Å². The van der Waals surface area contributed by atoms with Gasteiger partial charge in [-0.15, -0.1) is 0 Å². The molecule has 0 spiro atoms. The Bertz CT molecular complexity index is 701. The summed E-state index contributed by atoms with van der Waals surface area (Å²) >= 11 is 0. The molecule has 1 aromatic carbocycles. The monoisotopic (exact) mass is 304 g/mol. The Morgan fingerprint density at radius 2 is 2.05 bits per heavy atom.